The lowest BCUT2D eigenvalue weighted by Crippen LogP contribution is -2.17. The van der Waals surface area contributed by atoms with Gasteiger partial charge in [-0.05, 0) is 18.6 Å². The molecule has 0 aliphatic rings. The smallest absolute Gasteiger partial charge is 0.108 e. The van der Waals surface area contributed by atoms with E-state index < -0.39 is 12.2 Å². The van der Waals surface area contributed by atoms with E-state index in [2.05, 4.69) is 0 Å². The Bertz CT molecular complexity index is 295. The predicted octanol–water partition coefficient (Wildman–Crippen LogP) is 2.80. The molecule has 0 bridgehead atoms. The molecule has 78 valence electrons. The molecule has 2 atom stereocenters. The van der Waals surface area contributed by atoms with Crippen molar-refractivity contribution >= 4 is 23.2 Å². The minimum Gasteiger partial charge on any atom is -0.390 e. The van der Waals surface area contributed by atoms with Crippen molar-refractivity contribution in [2.24, 2.45) is 0 Å². The third kappa shape index (κ3) is 2.39. The number of aliphatic hydroxyl groups excluding tert-OH is 2. The Morgan fingerprint density at radius 2 is 1.71 bits per heavy atom. The molecule has 2 N–H and O–H groups in total. The fourth-order valence-electron chi connectivity index (χ4n) is 1.21. The van der Waals surface area contributed by atoms with Gasteiger partial charge in [-0.2, -0.15) is 0 Å². The monoisotopic (exact) mass is 234 g/mol. The number of halogens is 2. The lowest BCUT2D eigenvalue weighted by molar-refractivity contribution is 0.0166. The zero-order chi connectivity index (χ0) is 10.7. The third-order valence-electron chi connectivity index (χ3n) is 2.08. The molecule has 0 saturated carbocycles. The topological polar surface area (TPSA) is 40.5 Å². The van der Waals surface area contributed by atoms with Crippen molar-refractivity contribution in [3.63, 3.8) is 0 Å². The van der Waals surface area contributed by atoms with Crippen LogP contribution in [-0.2, 0) is 0 Å². The number of aliphatic hydroxyl groups is 2. The summed E-state index contributed by atoms with van der Waals surface area (Å²) in [6.07, 6.45) is -1.42. The molecule has 4 heteroatoms. The third-order valence-corrected chi connectivity index (χ3v) is 2.74. The lowest BCUT2D eigenvalue weighted by Gasteiger charge is -2.18. The van der Waals surface area contributed by atoms with E-state index in [1.165, 1.54) is 0 Å². The maximum absolute atomic E-state index is 9.73. The van der Waals surface area contributed by atoms with Crippen LogP contribution >= 0.6 is 23.2 Å². The Labute approximate surface area is 93.1 Å². The molecule has 0 radical (unpaired) electrons. The van der Waals surface area contributed by atoms with Crippen molar-refractivity contribution in [2.45, 2.75) is 25.6 Å². The highest BCUT2D eigenvalue weighted by atomic mass is 35.5. The molecule has 0 spiro atoms. The highest BCUT2D eigenvalue weighted by molar-refractivity contribution is 6.36. The molecule has 2 nitrogen and oxygen atoms in total. The van der Waals surface area contributed by atoms with E-state index in [1.807, 2.05) is 0 Å². The quantitative estimate of drug-likeness (QED) is 0.845. The van der Waals surface area contributed by atoms with Gasteiger partial charge in [-0.3, -0.25) is 0 Å². The average Bonchev–Trinajstić information content (AvgIpc) is 2.16. The Hall–Kier alpha value is -0.280. The SMILES string of the molecule is CC[C@@H](O)C(O)c1c(Cl)cccc1Cl. The van der Waals surface area contributed by atoms with Crippen molar-refractivity contribution in [1.29, 1.82) is 0 Å². The van der Waals surface area contributed by atoms with Gasteiger partial charge in [-0.15, -0.1) is 0 Å². The normalized spacial score (nSPS) is 15.2. The maximum atomic E-state index is 9.73. The highest BCUT2D eigenvalue weighted by Gasteiger charge is 2.21. The summed E-state index contributed by atoms with van der Waals surface area (Å²) < 4.78 is 0. The van der Waals surface area contributed by atoms with Gasteiger partial charge in [0, 0.05) is 15.6 Å². The minimum absolute atomic E-state index is 0.373. The highest BCUT2D eigenvalue weighted by Crippen LogP contribution is 2.32. The van der Waals surface area contributed by atoms with E-state index in [9.17, 15) is 10.2 Å². The summed E-state index contributed by atoms with van der Waals surface area (Å²) in [6.45, 7) is 1.78. The number of hydrogen-bond acceptors (Lipinski definition) is 2. The van der Waals surface area contributed by atoms with Gasteiger partial charge >= 0.3 is 0 Å². The van der Waals surface area contributed by atoms with Crippen LogP contribution in [0.3, 0.4) is 0 Å². The Morgan fingerprint density at radius 1 is 1.21 bits per heavy atom. The molecule has 1 aromatic rings. The van der Waals surface area contributed by atoms with Crippen molar-refractivity contribution in [1.82, 2.24) is 0 Å². The van der Waals surface area contributed by atoms with Crippen LogP contribution in [0.4, 0.5) is 0 Å². The molecular weight excluding hydrogens is 223 g/mol. The maximum Gasteiger partial charge on any atom is 0.108 e. The van der Waals surface area contributed by atoms with Gasteiger partial charge in [0.1, 0.15) is 6.10 Å². The van der Waals surface area contributed by atoms with Crippen LogP contribution in [0, 0.1) is 0 Å². The largest absolute Gasteiger partial charge is 0.390 e. The summed E-state index contributed by atoms with van der Waals surface area (Å²) in [6, 6.07) is 4.96. The van der Waals surface area contributed by atoms with E-state index in [1.54, 1.807) is 25.1 Å². The first-order chi connectivity index (χ1) is 6.57. The van der Waals surface area contributed by atoms with Crippen molar-refractivity contribution < 1.29 is 10.2 Å². The molecule has 0 heterocycles. The number of hydrogen-bond donors (Lipinski definition) is 2. The first-order valence-electron chi connectivity index (χ1n) is 4.38. The summed E-state index contributed by atoms with van der Waals surface area (Å²) >= 11 is 11.7. The van der Waals surface area contributed by atoms with Crippen molar-refractivity contribution in [3.05, 3.63) is 33.8 Å². The molecular formula is C10H12Cl2O2. The summed E-state index contributed by atoms with van der Waals surface area (Å²) in [4.78, 5) is 0. The fourth-order valence-corrected chi connectivity index (χ4v) is 1.83. The lowest BCUT2D eigenvalue weighted by atomic mass is 10.0. The molecule has 1 aromatic carbocycles. The zero-order valence-corrected chi connectivity index (χ0v) is 9.26. The van der Waals surface area contributed by atoms with Crippen LogP contribution in [0.25, 0.3) is 0 Å². The van der Waals surface area contributed by atoms with Crippen molar-refractivity contribution in [3.8, 4) is 0 Å². The molecule has 14 heavy (non-hydrogen) atoms. The second-order valence-electron chi connectivity index (χ2n) is 3.06. The van der Waals surface area contributed by atoms with Crippen LogP contribution in [0.15, 0.2) is 18.2 Å². The summed E-state index contributed by atoms with van der Waals surface area (Å²) in [5.74, 6) is 0. The molecule has 0 aromatic heterocycles. The fraction of sp³-hybridized carbons (Fsp3) is 0.400. The molecule has 0 amide bonds. The summed E-state index contributed by atoms with van der Waals surface area (Å²) in [5.41, 5.74) is 0.394. The van der Waals surface area contributed by atoms with Gasteiger partial charge in [0.05, 0.1) is 6.10 Å². The minimum atomic E-state index is -1.03. The number of benzene rings is 1. The van der Waals surface area contributed by atoms with Gasteiger partial charge in [0.15, 0.2) is 0 Å². The van der Waals surface area contributed by atoms with E-state index in [0.717, 1.165) is 0 Å². The van der Waals surface area contributed by atoms with Gasteiger partial charge in [0.2, 0.25) is 0 Å². The van der Waals surface area contributed by atoms with Crippen LogP contribution in [0.1, 0.15) is 25.0 Å². The summed E-state index contributed by atoms with van der Waals surface area (Å²) in [5, 5.41) is 19.9. The Morgan fingerprint density at radius 3 is 2.14 bits per heavy atom. The van der Waals surface area contributed by atoms with E-state index >= 15 is 0 Å². The standard InChI is InChI=1S/C10H12Cl2O2/c1-2-8(13)10(14)9-6(11)4-3-5-7(9)12/h3-5,8,10,13-14H,2H2,1H3/t8-,10?/m1/s1. The van der Waals surface area contributed by atoms with Gasteiger partial charge in [-0.1, -0.05) is 36.2 Å². The van der Waals surface area contributed by atoms with Crippen molar-refractivity contribution in [2.75, 3.05) is 0 Å². The second-order valence-corrected chi connectivity index (χ2v) is 3.87. The van der Waals surface area contributed by atoms with Gasteiger partial charge < -0.3 is 10.2 Å². The van der Waals surface area contributed by atoms with Crippen LogP contribution in [-0.4, -0.2) is 16.3 Å². The first kappa shape index (κ1) is 11.8. The van der Waals surface area contributed by atoms with Crippen LogP contribution in [0.2, 0.25) is 10.0 Å². The Kier molecular flexibility index (Phi) is 4.20. The number of rotatable bonds is 3. The van der Waals surface area contributed by atoms with Crippen LogP contribution in [0.5, 0.6) is 0 Å². The zero-order valence-electron chi connectivity index (χ0n) is 7.74. The van der Waals surface area contributed by atoms with E-state index in [4.69, 9.17) is 23.2 Å². The average molecular weight is 235 g/mol. The molecule has 0 saturated heterocycles. The van der Waals surface area contributed by atoms with E-state index in [-0.39, 0.29) is 0 Å². The van der Waals surface area contributed by atoms with Crippen LogP contribution < -0.4 is 0 Å². The Balaban J connectivity index is 3.05. The van der Waals surface area contributed by atoms with E-state index in [0.29, 0.717) is 22.0 Å². The second kappa shape index (κ2) is 4.99. The van der Waals surface area contributed by atoms with Gasteiger partial charge in [-0.25, -0.2) is 0 Å². The molecule has 0 fully saturated rings. The molecule has 0 aliphatic carbocycles. The predicted molar refractivity (Wildman–Crippen MR) is 57.7 cm³/mol. The molecule has 0 aliphatic heterocycles. The summed E-state index contributed by atoms with van der Waals surface area (Å²) in [7, 11) is 0. The first-order valence-corrected chi connectivity index (χ1v) is 5.13. The van der Waals surface area contributed by atoms with Gasteiger partial charge in [0.25, 0.3) is 0 Å². The molecule has 1 rings (SSSR count). The molecule has 1 unspecified atom stereocenters.